The monoisotopic (exact) mass is 358 g/mol. The molecule has 1 aromatic heterocycles. The number of rotatable bonds is 4. The smallest absolute Gasteiger partial charge is 0.238 e. The molecule has 1 heterocycles. The molecule has 2 rings (SSSR count). The van der Waals surface area contributed by atoms with E-state index < -0.39 is 10.0 Å². The Morgan fingerprint density at radius 1 is 1.30 bits per heavy atom. The summed E-state index contributed by atoms with van der Waals surface area (Å²) in [5.41, 5.74) is 0.763. The summed E-state index contributed by atoms with van der Waals surface area (Å²) in [7, 11) is -3.70. The Bertz CT molecular complexity index is 725. The van der Waals surface area contributed by atoms with Crippen LogP contribution in [-0.2, 0) is 10.0 Å². The summed E-state index contributed by atoms with van der Waals surface area (Å²) >= 11 is 3.33. The standard InChI is InChI=1S/C13H15BrN2O3S/c1-8-3-6-13(19-8)9(2)16-12-5-4-10(7-11(12)14)20(15,17)18/h3-7,9,16H,1-2H3,(H2,15,17,18). The number of primary sulfonamides is 1. The van der Waals surface area contributed by atoms with Crippen LogP contribution in [0.15, 0.2) is 44.1 Å². The lowest BCUT2D eigenvalue weighted by molar-refractivity contribution is 0.467. The van der Waals surface area contributed by atoms with Crippen molar-refractivity contribution >= 4 is 31.6 Å². The van der Waals surface area contributed by atoms with E-state index in [-0.39, 0.29) is 10.9 Å². The van der Waals surface area contributed by atoms with Crippen molar-refractivity contribution in [2.75, 3.05) is 5.32 Å². The summed E-state index contributed by atoms with van der Waals surface area (Å²) in [6, 6.07) is 8.35. The van der Waals surface area contributed by atoms with Crippen LogP contribution < -0.4 is 10.5 Å². The van der Waals surface area contributed by atoms with E-state index in [4.69, 9.17) is 9.56 Å². The summed E-state index contributed by atoms with van der Waals surface area (Å²) in [5, 5.41) is 8.33. The van der Waals surface area contributed by atoms with Gasteiger partial charge in [-0.25, -0.2) is 13.6 Å². The number of nitrogens with two attached hydrogens (primary N) is 1. The molecule has 5 nitrogen and oxygen atoms in total. The molecule has 7 heteroatoms. The van der Waals surface area contributed by atoms with Gasteiger partial charge in [0.25, 0.3) is 0 Å². The lowest BCUT2D eigenvalue weighted by Gasteiger charge is -2.15. The fraction of sp³-hybridized carbons (Fsp3) is 0.231. The highest BCUT2D eigenvalue weighted by atomic mass is 79.9. The number of sulfonamides is 1. The molecular weight excluding hydrogens is 344 g/mol. The molecule has 2 aromatic rings. The summed E-state index contributed by atoms with van der Waals surface area (Å²) in [6.45, 7) is 3.84. The Labute approximate surface area is 126 Å². The normalized spacial score (nSPS) is 13.2. The first-order valence-electron chi connectivity index (χ1n) is 5.92. The third-order valence-electron chi connectivity index (χ3n) is 2.83. The fourth-order valence-corrected chi connectivity index (χ4v) is 2.97. The highest BCUT2D eigenvalue weighted by molar-refractivity contribution is 9.10. The van der Waals surface area contributed by atoms with Gasteiger partial charge in [0.2, 0.25) is 10.0 Å². The van der Waals surface area contributed by atoms with E-state index in [1.807, 2.05) is 26.0 Å². The molecule has 0 saturated carbocycles. The van der Waals surface area contributed by atoms with Crippen LogP contribution in [0.4, 0.5) is 5.69 Å². The van der Waals surface area contributed by atoms with E-state index in [2.05, 4.69) is 21.2 Å². The summed E-state index contributed by atoms with van der Waals surface area (Å²) in [4.78, 5) is 0.0661. The largest absolute Gasteiger partial charge is 0.464 e. The van der Waals surface area contributed by atoms with Crippen molar-refractivity contribution in [3.8, 4) is 0 Å². The SMILES string of the molecule is Cc1ccc(C(C)Nc2ccc(S(N)(=O)=O)cc2Br)o1. The maximum Gasteiger partial charge on any atom is 0.238 e. The average Bonchev–Trinajstić information content (AvgIpc) is 2.77. The number of hydrogen-bond donors (Lipinski definition) is 2. The molecule has 0 spiro atoms. The average molecular weight is 359 g/mol. The molecule has 0 fully saturated rings. The van der Waals surface area contributed by atoms with Crippen LogP contribution in [0, 0.1) is 6.92 Å². The molecule has 0 radical (unpaired) electrons. The number of anilines is 1. The highest BCUT2D eigenvalue weighted by Gasteiger charge is 2.13. The van der Waals surface area contributed by atoms with Gasteiger partial charge in [-0.05, 0) is 60.1 Å². The van der Waals surface area contributed by atoms with Crippen LogP contribution >= 0.6 is 15.9 Å². The lowest BCUT2D eigenvalue weighted by atomic mass is 10.2. The molecule has 0 aliphatic heterocycles. The molecule has 0 aliphatic carbocycles. The van der Waals surface area contributed by atoms with E-state index in [0.717, 1.165) is 17.2 Å². The third kappa shape index (κ3) is 3.41. The van der Waals surface area contributed by atoms with Gasteiger partial charge in [-0.3, -0.25) is 0 Å². The third-order valence-corrected chi connectivity index (χ3v) is 4.40. The molecule has 0 bridgehead atoms. The van der Waals surface area contributed by atoms with Gasteiger partial charge in [0, 0.05) is 10.2 Å². The quantitative estimate of drug-likeness (QED) is 0.878. The van der Waals surface area contributed by atoms with E-state index >= 15 is 0 Å². The molecule has 1 unspecified atom stereocenters. The first-order valence-corrected chi connectivity index (χ1v) is 8.26. The van der Waals surface area contributed by atoms with Crippen molar-refractivity contribution in [2.45, 2.75) is 24.8 Å². The van der Waals surface area contributed by atoms with Crippen LogP contribution in [0.3, 0.4) is 0 Å². The first kappa shape index (κ1) is 15.1. The predicted molar refractivity (Wildman–Crippen MR) is 81.0 cm³/mol. The Hall–Kier alpha value is -1.31. The zero-order valence-corrected chi connectivity index (χ0v) is 13.5. The van der Waals surface area contributed by atoms with Gasteiger partial charge in [-0.15, -0.1) is 0 Å². The molecule has 1 aromatic carbocycles. The van der Waals surface area contributed by atoms with Crippen molar-refractivity contribution in [3.05, 3.63) is 46.3 Å². The maximum atomic E-state index is 11.3. The molecule has 1 atom stereocenters. The topological polar surface area (TPSA) is 85.3 Å². The number of benzene rings is 1. The van der Waals surface area contributed by atoms with Crippen molar-refractivity contribution in [3.63, 3.8) is 0 Å². The minimum absolute atomic E-state index is 0.0414. The van der Waals surface area contributed by atoms with Gasteiger partial charge in [0.05, 0.1) is 10.9 Å². The number of aryl methyl sites for hydroxylation is 1. The van der Waals surface area contributed by atoms with Gasteiger partial charge >= 0.3 is 0 Å². The van der Waals surface area contributed by atoms with Crippen LogP contribution in [0.1, 0.15) is 24.5 Å². The second kappa shape index (κ2) is 5.59. The minimum atomic E-state index is -3.70. The Morgan fingerprint density at radius 2 is 2.00 bits per heavy atom. The zero-order valence-electron chi connectivity index (χ0n) is 11.1. The van der Waals surface area contributed by atoms with Crippen molar-refractivity contribution in [1.29, 1.82) is 0 Å². The second-order valence-corrected chi connectivity index (χ2v) is 6.92. The first-order chi connectivity index (χ1) is 9.27. The molecule has 3 N–H and O–H groups in total. The number of halogens is 1. The molecular formula is C13H15BrN2O3S. The van der Waals surface area contributed by atoms with Gasteiger partial charge < -0.3 is 9.73 Å². The number of nitrogens with one attached hydrogen (secondary N) is 1. The predicted octanol–water partition coefficient (Wildman–Crippen LogP) is 3.17. The van der Waals surface area contributed by atoms with E-state index in [9.17, 15) is 8.42 Å². The van der Waals surface area contributed by atoms with Crippen molar-refractivity contribution in [2.24, 2.45) is 5.14 Å². The minimum Gasteiger partial charge on any atom is -0.464 e. The second-order valence-electron chi connectivity index (χ2n) is 4.50. The summed E-state index contributed by atoms with van der Waals surface area (Å²) in [6.07, 6.45) is 0. The molecule has 20 heavy (non-hydrogen) atoms. The Kier molecular flexibility index (Phi) is 4.22. The van der Waals surface area contributed by atoms with Crippen molar-refractivity contribution in [1.82, 2.24) is 0 Å². The van der Waals surface area contributed by atoms with Gasteiger partial charge in [-0.1, -0.05) is 0 Å². The van der Waals surface area contributed by atoms with Crippen LogP contribution in [0.2, 0.25) is 0 Å². The van der Waals surface area contributed by atoms with Crippen LogP contribution in [-0.4, -0.2) is 8.42 Å². The molecule has 108 valence electrons. The molecule has 0 aliphatic rings. The number of hydrogen-bond acceptors (Lipinski definition) is 4. The van der Waals surface area contributed by atoms with Crippen LogP contribution in [0.5, 0.6) is 0 Å². The Balaban J connectivity index is 2.22. The van der Waals surface area contributed by atoms with E-state index in [1.165, 1.54) is 12.1 Å². The maximum absolute atomic E-state index is 11.3. The highest BCUT2D eigenvalue weighted by Crippen LogP contribution is 2.29. The zero-order chi connectivity index (χ0) is 14.9. The van der Waals surface area contributed by atoms with Gasteiger partial charge in [-0.2, -0.15) is 0 Å². The van der Waals surface area contributed by atoms with Crippen molar-refractivity contribution < 1.29 is 12.8 Å². The van der Waals surface area contributed by atoms with Gasteiger partial charge in [0.15, 0.2) is 0 Å². The fourth-order valence-electron chi connectivity index (χ4n) is 1.78. The van der Waals surface area contributed by atoms with E-state index in [1.54, 1.807) is 6.07 Å². The number of furan rings is 1. The molecule has 0 saturated heterocycles. The Morgan fingerprint density at radius 3 is 2.50 bits per heavy atom. The van der Waals surface area contributed by atoms with Gasteiger partial charge in [0.1, 0.15) is 11.5 Å². The molecule has 0 amide bonds. The summed E-state index contributed by atoms with van der Waals surface area (Å²) in [5.74, 6) is 1.65. The lowest BCUT2D eigenvalue weighted by Crippen LogP contribution is -2.12. The summed E-state index contributed by atoms with van der Waals surface area (Å²) < 4.78 is 28.7. The van der Waals surface area contributed by atoms with E-state index in [0.29, 0.717) is 4.47 Å². The van der Waals surface area contributed by atoms with Crippen LogP contribution in [0.25, 0.3) is 0 Å².